The lowest BCUT2D eigenvalue weighted by atomic mass is 9.59. The molecular weight excluding hydrogens is 308 g/mol. The van der Waals surface area contributed by atoms with Crippen LogP contribution in [0.5, 0.6) is 0 Å². The van der Waals surface area contributed by atoms with Gasteiger partial charge in [-0.15, -0.1) is 0 Å². The molecule has 132 valence electrons. The third-order valence-electron chi connectivity index (χ3n) is 8.63. The monoisotopic (exact) mass is 334 g/mol. The fraction of sp³-hybridized carbons (Fsp3) is 0.842. The molecule has 0 unspecified atom stereocenters. The first-order valence-electron chi connectivity index (χ1n) is 9.15. The van der Waals surface area contributed by atoms with E-state index >= 15 is 0 Å². The highest BCUT2D eigenvalue weighted by Crippen LogP contribution is 2.78. The minimum Gasteiger partial charge on any atom is -0.481 e. The van der Waals surface area contributed by atoms with Crippen LogP contribution in [0.25, 0.3) is 0 Å². The predicted octanol–water partition coefficient (Wildman–Crippen LogP) is 1.72. The molecule has 5 fully saturated rings. The van der Waals surface area contributed by atoms with Crippen LogP contribution in [0.4, 0.5) is 0 Å². The number of aliphatic carboxylic acids is 1. The van der Waals surface area contributed by atoms with Crippen LogP contribution >= 0.6 is 0 Å². The van der Waals surface area contributed by atoms with Crippen LogP contribution in [-0.2, 0) is 9.53 Å². The van der Waals surface area contributed by atoms with Crippen molar-refractivity contribution in [3.05, 3.63) is 12.2 Å². The molecule has 8 atom stereocenters. The third kappa shape index (κ3) is 1.36. The van der Waals surface area contributed by atoms with Gasteiger partial charge in [-0.1, -0.05) is 13.5 Å². The zero-order valence-corrected chi connectivity index (χ0v) is 14.1. The Balaban J connectivity index is 1.73. The smallest absolute Gasteiger partial charge is 0.307 e. The van der Waals surface area contributed by atoms with E-state index in [2.05, 4.69) is 6.58 Å². The third-order valence-corrected chi connectivity index (χ3v) is 8.63. The van der Waals surface area contributed by atoms with Gasteiger partial charge in [0.2, 0.25) is 0 Å². The van der Waals surface area contributed by atoms with Crippen LogP contribution in [0.3, 0.4) is 0 Å². The van der Waals surface area contributed by atoms with Crippen molar-refractivity contribution in [1.29, 1.82) is 0 Å². The minimum absolute atomic E-state index is 0.143. The maximum atomic E-state index is 12.4. The molecule has 0 aromatic carbocycles. The van der Waals surface area contributed by atoms with Gasteiger partial charge < -0.3 is 20.1 Å². The van der Waals surface area contributed by atoms with Crippen LogP contribution < -0.4 is 0 Å². The molecule has 1 heterocycles. The number of carboxylic acids is 1. The van der Waals surface area contributed by atoms with E-state index in [1.165, 1.54) is 0 Å². The highest BCUT2D eigenvalue weighted by Gasteiger charge is 2.81. The van der Waals surface area contributed by atoms with E-state index in [0.717, 1.165) is 18.4 Å². The fourth-order valence-corrected chi connectivity index (χ4v) is 7.77. The number of hydrogen-bond donors (Lipinski definition) is 3. The van der Waals surface area contributed by atoms with Gasteiger partial charge in [0, 0.05) is 11.3 Å². The minimum atomic E-state index is -0.910. The van der Waals surface area contributed by atoms with Crippen LogP contribution in [0.1, 0.15) is 45.4 Å². The van der Waals surface area contributed by atoms with Gasteiger partial charge in [0.1, 0.15) is 0 Å². The summed E-state index contributed by atoms with van der Waals surface area (Å²) in [5.41, 5.74) is -1.52. The van der Waals surface area contributed by atoms with Gasteiger partial charge in [-0.2, -0.15) is 0 Å². The lowest BCUT2D eigenvalue weighted by molar-refractivity contribution is -0.153. The molecule has 0 radical (unpaired) electrons. The van der Waals surface area contributed by atoms with Gasteiger partial charge >= 0.3 is 5.97 Å². The van der Waals surface area contributed by atoms with Gasteiger partial charge in [-0.05, 0) is 55.4 Å². The molecule has 1 aliphatic heterocycles. The molecule has 24 heavy (non-hydrogen) atoms. The maximum absolute atomic E-state index is 12.4. The second-order valence-electron chi connectivity index (χ2n) is 9.41. The molecule has 5 rings (SSSR count). The van der Waals surface area contributed by atoms with Crippen molar-refractivity contribution < 1.29 is 24.9 Å². The summed E-state index contributed by atoms with van der Waals surface area (Å²) < 4.78 is 6.39. The maximum Gasteiger partial charge on any atom is 0.307 e. The number of hydrogen-bond acceptors (Lipinski definition) is 4. The van der Waals surface area contributed by atoms with Gasteiger partial charge in [0.15, 0.2) is 0 Å². The molecular formula is C19H26O5. The van der Waals surface area contributed by atoms with E-state index < -0.39 is 40.0 Å². The average Bonchev–Trinajstić information content (AvgIpc) is 2.96. The molecule has 4 saturated carbocycles. The van der Waals surface area contributed by atoms with E-state index in [1.807, 2.05) is 6.92 Å². The summed E-state index contributed by atoms with van der Waals surface area (Å²) in [5, 5.41) is 31.8. The number of carboxylic acid groups (broad SMARTS) is 1. The summed E-state index contributed by atoms with van der Waals surface area (Å²) in [6.07, 6.45) is 3.42. The first kappa shape index (κ1) is 15.4. The quantitative estimate of drug-likeness (QED) is 0.636. The molecule has 1 saturated heterocycles. The summed E-state index contributed by atoms with van der Waals surface area (Å²) in [5.74, 6) is -1.40. The standard InChI is InChI=1S/C19H26O5/c1-10-7-17-8-18(10,23)5-3-11(17)19-6-4-12(20)16(2,9-24-19)14(19)13(17)15(21)22/h11-14,20,23H,1,3-9H2,2H3,(H,21,22)/t11-,12+,13-,14-,16-,17+,18+,19-/m1/s1. The largest absolute Gasteiger partial charge is 0.481 e. The van der Waals surface area contributed by atoms with Crippen molar-refractivity contribution in [2.75, 3.05) is 6.61 Å². The second-order valence-corrected chi connectivity index (χ2v) is 9.41. The van der Waals surface area contributed by atoms with E-state index in [-0.39, 0.29) is 11.8 Å². The summed E-state index contributed by atoms with van der Waals surface area (Å²) in [6, 6.07) is 0. The van der Waals surface area contributed by atoms with Crippen molar-refractivity contribution in [1.82, 2.24) is 0 Å². The number of ether oxygens (including phenoxy) is 1. The fourth-order valence-electron chi connectivity index (χ4n) is 7.77. The normalized spacial score (nSPS) is 60.9. The Morgan fingerprint density at radius 3 is 2.79 bits per heavy atom. The molecule has 5 nitrogen and oxygen atoms in total. The zero-order valence-electron chi connectivity index (χ0n) is 14.1. The zero-order chi connectivity index (χ0) is 17.1. The van der Waals surface area contributed by atoms with E-state index in [4.69, 9.17) is 4.74 Å². The number of carbonyl (C=O) groups is 1. The van der Waals surface area contributed by atoms with Gasteiger partial charge in [0.25, 0.3) is 0 Å². The number of aliphatic hydroxyl groups excluding tert-OH is 1. The Morgan fingerprint density at radius 1 is 1.33 bits per heavy atom. The molecule has 5 heteroatoms. The van der Waals surface area contributed by atoms with E-state index in [0.29, 0.717) is 32.3 Å². The highest BCUT2D eigenvalue weighted by atomic mass is 16.5. The van der Waals surface area contributed by atoms with E-state index in [1.54, 1.807) is 0 Å². The lowest BCUT2D eigenvalue weighted by Gasteiger charge is -2.47. The highest BCUT2D eigenvalue weighted by molar-refractivity contribution is 5.74. The molecule has 5 aliphatic rings. The predicted molar refractivity (Wildman–Crippen MR) is 85.1 cm³/mol. The number of aliphatic hydroxyl groups is 2. The summed E-state index contributed by atoms with van der Waals surface area (Å²) in [4.78, 5) is 12.4. The Bertz CT molecular complexity index is 656. The molecule has 1 spiro atoms. The molecule has 0 aromatic heterocycles. The Morgan fingerprint density at radius 2 is 2.08 bits per heavy atom. The molecule has 4 bridgehead atoms. The topological polar surface area (TPSA) is 87.0 Å². The van der Waals surface area contributed by atoms with Crippen molar-refractivity contribution in [3.8, 4) is 0 Å². The average molecular weight is 334 g/mol. The summed E-state index contributed by atoms with van der Waals surface area (Å²) in [6.45, 7) is 6.54. The molecule has 4 aliphatic carbocycles. The summed E-state index contributed by atoms with van der Waals surface area (Å²) >= 11 is 0. The van der Waals surface area contributed by atoms with Crippen molar-refractivity contribution >= 4 is 5.97 Å². The Hall–Kier alpha value is -0.910. The SMILES string of the molecule is C=C1C[C@]23C[C@@]1(O)CC[C@H]2[C@@]12CC[C@H](O)[C@@](C)(CO1)[C@H]2[C@@H]3C(=O)O. The van der Waals surface area contributed by atoms with Crippen LogP contribution in [0, 0.1) is 28.6 Å². The first-order valence-corrected chi connectivity index (χ1v) is 9.15. The second kappa shape index (κ2) is 4.08. The number of rotatable bonds is 1. The molecule has 0 amide bonds. The van der Waals surface area contributed by atoms with Gasteiger partial charge in [0.05, 0.1) is 29.8 Å². The van der Waals surface area contributed by atoms with Crippen molar-refractivity contribution in [2.24, 2.45) is 28.6 Å². The number of fused-ring (bicyclic) bond motifs is 1. The van der Waals surface area contributed by atoms with Gasteiger partial charge in [-0.25, -0.2) is 0 Å². The Kier molecular flexibility index (Phi) is 2.61. The molecule has 0 aromatic rings. The van der Waals surface area contributed by atoms with Crippen molar-refractivity contribution in [2.45, 2.75) is 62.8 Å². The first-order chi connectivity index (χ1) is 11.2. The van der Waals surface area contributed by atoms with Crippen LogP contribution in [-0.4, -0.2) is 45.2 Å². The van der Waals surface area contributed by atoms with Gasteiger partial charge in [-0.3, -0.25) is 4.79 Å². The van der Waals surface area contributed by atoms with E-state index in [9.17, 15) is 20.1 Å². The summed E-state index contributed by atoms with van der Waals surface area (Å²) in [7, 11) is 0. The van der Waals surface area contributed by atoms with Crippen LogP contribution in [0.15, 0.2) is 12.2 Å². The van der Waals surface area contributed by atoms with Crippen LogP contribution in [0.2, 0.25) is 0 Å². The Labute approximate surface area is 141 Å². The lowest BCUT2D eigenvalue weighted by Crippen LogP contribution is -2.52. The van der Waals surface area contributed by atoms with Crippen molar-refractivity contribution in [3.63, 3.8) is 0 Å². The molecule has 3 N–H and O–H groups in total.